The number of ether oxygens (including phenoxy) is 2. The van der Waals surface area contributed by atoms with E-state index in [-0.39, 0.29) is 17.3 Å². The molecule has 0 aliphatic rings. The van der Waals surface area contributed by atoms with Crippen LogP contribution < -0.4 is 20.6 Å². The van der Waals surface area contributed by atoms with Crippen molar-refractivity contribution < 1.29 is 18.9 Å². The highest BCUT2D eigenvalue weighted by molar-refractivity contribution is 9.10. The van der Waals surface area contributed by atoms with Gasteiger partial charge in [-0.1, -0.05) is 29.5 Å². The topological polar surface area (TPSA) is 156 Å². The number of hydrogen-bond acceptors (Lipinski definition) is 10. The van der Waals surface area contributed by atoms with Crippen molar-refractivity contribution in [3.63, 3.8) is 0 Å². The minimum absolute atomic E-state index is 0.0221. The second-order valence-corrected chi connectivity index (χ2v) is 8.21. The van der Waals surface area contributed by atoms with Crippen LogP contribution in [-0.4, -0.2) is 44.5 Å². The number of anilines is 1. The SMILES string of the molecule is COc1cc(C=NNC(=O)c2nnn(-c3nonc3N)c2C)cc(Br)c1OCc1ccccc1C. The number of hydrazone groups is 1. The molecule has 4 aromatic rings. The number of benzene rings is 2. The Balaban J connectivity index is 1.45. The molecule has 0 radical (unpaired) electrons. The Kier molecular flexibility index (Phi) is 7.06. The number of aryl methyl sites for hydroxylation is 1. The van der Waals surface area contributed by atoms with Crippen LogP contribution in [0.5, 0.6) is 11.5 Å². The van der Waals surface area contributed by atoms with E-state index in [4.69, 9.17) is 15.2 Å². The summed E-state index contributed by atoms with van der Waals surface area (Å²) >= 11 is 3.52. The van der Waals surface area contributed by atoms with E-state index >= 15 is 0 Å². The van der Waals surface area contributed by atoms with Gasteiger partial charge in [0.15, 0.2) is 17.2 Å². The van der Waals surface area contributed by atoms with Gasteiger partial charge in [0, 0.05) is 0 Å². The highest BCUT2D eigenvalue weighted by atomic mass is 79.9. The Morgan fingerprint density at radius 3 is 2.80 bits per heavy atom. The normalized spacial score (nSPS) is 11.1. The predicted octanol–water partition coefficient (Wildman–Crippen LogP) is 2.96. The van der Waals surface area contributed by atoms with Crippen LogP contribution in [0.4, 0.5) is 5.82 Å². The van der Waals surface area contributed by atoms with Crippen molar-refractivity contribution in [1.29, 1.82) is 0 Å². The van der Waals surface area contributed by atoms with Crippen LogP contribution in [0.3, 0.4) is 0 Å². The van der Waals surface area contributed by atoms with Gasteiger partial charge in [-0.3, -0.25) is 4.79 Å². The standard InChI is InChI=1S/C22H21BrN8O4/c1-12-6-4-5-7-15(12)11-34-19-16(23)8-14(9-17(19)33-3)10-25-27-22(32)18-13(2)31(30-26-18)21-20(24)28-35-29-21/h4-10H,11H2,1-3H3,(H2,24,28)(H,27,32). The number of hydrogen-bond donors (Lipinski definition) is 2. The first-order valence-electron chi connectivity index (χ1n) is 10.3. The van der Waals surface area contributed by atoms with Gasteiger partial charge >= 0.3 is 0 Å². The van der Waals surface area contributed by atoms with E-state index in [0.29, 0.717) is 33.8 Å². The number of nitrogens with zero attached hydrogens (tertiary/aromatic N) is 6. The molecule has 0 unspecified atom stereocenters. The molecular weight excluding hydrogens is 520 g/mol. The summed E-state index contributed by atoms with van der Waals surface area (Å²) in [4.78, 5) is 12.5. The van der Waals surface area contributed by atoms with Crippen molar-refractivity contribution >= 4 is 33.9 Å². The van der Waals surface area contributed by atoms with E-state index in [1.807, 2.05) is 31.2 Å². The summed E-state index contributed by atoms with van der Waals surface area (Å²) in [6, 6.07) is 11.5. The zero-order valence-corrected chi connectivity index (χ0v) is 20.6. The molecule has 12 nitrogen and oxygen atoms in total. The molecule has 1 amide bonds. The molecule has 0 bridgehead atoms. The number of rotatable bonds is 8. The largest absolute Gasteiger partial charge is 0.493 e. The van der Waals surface area contributed by atoms with Crippen molar-refractivity contribution in [2.24, 2.45) is 5.10 Å². The maximum absolute atomic E-state index is 12.5. The highest BCUT2D eigenvalue weighted by Gasteiger charge is 2.20. The molecule has 4 rings (SSSR count). The molecule has 0 fully saturated rings. The van der Waals surface area contributed by atoms with Crippen molar-refractivity contribution in [2.45, 2.75) is 20.5 Å². The predicted molar refractivity (Wildman–Crippen MR) is 130 cm³/mol. The van der Waals surface area contributed by atoms with Crippen LogP contribution in [0.2, 0.25) is 0 Å². The van der Waals surface area contributed by atoms with E-state index < -0.39 is 5.91 Å². The number of nitrogens with two attached hydrogens (primary N) is 1. The zero-order valence-electron chi connectivity index (χ0n) is 19.0. The fourth-order valence-corrected chi connectivity index (χ4v) is 3.75. The number of amides is 1. The third-order valence-electron chi connectivity index (χ3n) is 5.07. The molecule has 0 saturated carbocycles. The molecule has 0 saturated heterocycles. The Morgan fingerprint density at radius 2 is 2.09 bits per heavy atom. The molecular formula is C22H21BrN8O4. The molecule has 0 aliphatic carbocycles. The molecule has 2 heterocycles. The molecule has 3 N–H and O–H groups in total. The summed E-state index contributed by atoms with van der Waals surface area (Å²) in [7, 11) is 1.55. The van der Waals surface area contributed by atoms with Gasteiger partial charge in [-0.05, 0) is 68.9 Å². The number of carbonyl (C=O) groups is 1. The summed E-state index contributed by atoms with van der Waals surface area (Å²) in [5, 5.41) is 18.9. The summed E-state index contributed by atoms with van der Waals surface area (Å²) < 4.78 is 18.0. The number of nitrogen functional groups attached to an aromatic ring is 1. The van der Waals surface area contributed by atoms with Gasteiger partial charge < -0.3 is 15.2 Å². The molecule has 180 valence electrons. The summed E-state index contributed by atoms with van der Waals surface area (Å²) in [6.45, 7) is 4.05. The Labute approximate surface area is 208 Å². The van der Waals surface area contributed by atoms with Gasteiger partial charge in [-0.15, -0.1) is 5.10 Å². The zero-order chi connectivity index (χ0) is 24.9. The second kappa shape index (κ2) is 10.3. The molecule has 13 heteroatoms. The Morgan fingerprint density at radius 1 is 1.29 bits per heavy atom. The maximum Gasteiger partial charge on any atom is 0.293 e. The first kappa shape index (κ1) is 23.9. The van der Waals surface area contributed by atoms with Crippen LogP contribution in [-0.2, 0) is 6.61 Å². The summed E-state index contributed by atoms with van der Waals surface area (Å²) in [5.41, 5.74) is 11.4. The van der Waals surface area contributed by atoms with Crippen LogP contribution in [0.15, 0.2) is 50.6 Å². The number of aromatic nitrogens is 5. The van der Waals surface area contributed by atoms with Crippen LogP contribution in [0, 0.1) is 13.8 Å². The van der Waals surface area contributed by atoms with Gasteiger partial charge in [0.25, 0.3) is 5.91 Å². The second-order valence-electron chi connectivity index (χ2n) is 7.36. The fraction of sp³-hybridized carbons (Fsp3) is 0.182. The summed E-state index contributed by atoms with van der Waals surface area (Å²) in [5.74, 6) is 0.668. The molecule has 2 aromatic carbocycles. The van der Waals surface area contributed by atoms with Gasteiger partial charge in [-0.25, -0.2) is 10.1 Å². The smallest absolute Gasteiger partial charge is 0.293 e. The molecule has 0 atom stereocenters. The average Bonchev–Trinajstić information content (AvgIpc) is 3.43. The van der Waals surface area contributed by atoms with E-state index in [9.17, 15) is 4.79 Å². The molecule has 35 heavy (non-hydrogen) atoms. The van der Waals surface area contributed by atoms with Crippen LogP contribution in [0.25, 0.3) is 5.82 Å². The lowest BCUT2D eigenvalue weighted by Crippen LogP contribution is -2.19. The Bertz CT molecular complexity index is 1400. The van der Waals surface area contributed by atoms with E-state index in [0.717, 1.165) is 11.1 Å². The van der Waals surface area contributed by atoms with Crippen molar-refractivity contribution in [2.75, 3.05) is 12.8 Å². The van der Waals surface area contributed by atoms with Gasteiger partial charge in [0.05, 0.1) is 23.5 Å². The van der Waals surface area contributed by atoms with Crippen molar-refractivity contribution in [1.82, 2.24) is 30.7 Å². The first-order valence-corrected chi connectivity index (χ1v) is 11.1. The van der Waals surface area contributed by atoms with Crippen molar-refractivity contribution in [3.8, 4) is 17.3 Å². The minimum Gasteiger partial charge on any atom is -0.493 e. The number of methoxy groups -OCH3 is 1. The quantitative estimate of drug-likeness (QED) is 0.253. The summed E-state index contributed by atoms with van der Waals surface area (Å²) in [6.07, 6.45) is 1.47. The van der Waals surface area contributed by atoms with Crippen LogP contribution in [0.1, 0.15) is 32.9 Å². The van der Waals surface area contributed by atoms with Crippen molar-refractivity contribution in [3.05, 3.63) is 68.9 Å². The average molecular weight is 541 g/mol. The lowest BCUT2D eigenvalue weighted by atomic mass is 10.1. The molecule has 0 spiro atoms. The fourth-order valence-electron chi connectivity index (χ4n) is 3.17. The van der Waals surface area contributed by atoms with Crippen LogP contribution >= 0.6 is 15.9 Å². The van der Waals surface area contributed by atoms with E-state index in [2.05, 4.69) is 51.7 Å². The molecule has 2 aromatic heterocycles. The molecule has 0 aliphatic heterocycles. The van der Waals surface area contributed by atoms with Gasteiger partial charge in [0.1, 0.15) is 6.61 Å². The number of halogens is 1. The monoisotopic (exact) mass is 540 g/mol. The lowest BCUT2D eigenvalue weighted by molar-refractivity contribution is 0.0949. The number of carbonyl (C=O) groups excluding carboxylic acids is 1. The third kappa shape index (κ3) is 5.14. The van der Waals surface area contributed by atoms with E-state index in [1.165, 1.54) is 10.9 Å². The van der Waals surface area contributed by atoms with Gasteiger partial charge in [-0.2, -0.15) is 9.78 Å². The number of nitrogens with one attached hydrogen (secondary N) is 1. The highest BCUT2D eigenvalue weighted by Crippen LogP contribution is 2.37. The third-order valence-corrected chi connectivity index (χ3v) is 5.66. The minimum atomic E-state index is -0.566. The maximum atomic E-state index is 12.5. The lowest BCUT2D eigenvalue weighted by Gasteiger charge is -2.14. The first-order chi connectivity index (χ1) is 16.9. The van der Waals surface area contributed by atoms with Gasteiger partial charge in [0.2, 0.25) is 11.6 Å². The van der Waals surface area contributed by atoms with E-state index in [1.54, 1.807) is 26.2 Å². The Hall–Kier alpha value is -4.26.